The number of rotatable bonds is 3. The van der Waals surface area contributed by atoms with Gasteiger partial charge in [0.1, 0.15) is 17.9 Å². The van der Waals surface area contributed by atoms with E-state index >= 15 is 0 Å². The van der Waals surface area contributed by atoms with Crippen molar-refractivity contribution in [3.63, 3.8) is 0 Å². The van der Waals surface area contributed by atoms with E-state index in [1.165, 1.54) is 12.1 Å². The van der Waals surface area contributed by atoms with Gasteiger partial charge in [-0.05, 0) is 48.9 Å². The fourth-order valence-corrected chi connectivity index (χ4v) is 5.64. The Morgan fingerprint density at radius 3 is 2.96 bits per heavy atom. The molecule has 3 atom stereocenters. The van der Waals surface area contributed by atoms with Gasteiger partial charge in [-0.1, -0.05) is 19.8 Å². The molecule has 0 bridgehead atoms. The van der Waals surface area contributed by atoms with Gasteiger partial charge in [0.25, 0.3) is 5.91 Å². The Hall–Kier alpha value is -2.09. The van der Waals surface area contributed by atoms with Crippen LogP contribution in [0.4, 0.5) is 9.18 Å². The number of thioether (sulfide) groups is 1. The number of imide groups is 1. The van der Waals surface area contributed by atoms with E-state index in [0.29, 0.717) is 12.8 Å². The quantitative estimate of drug-likeness (QED) is 0.758. The Balaban J connectivity index is 1.46. The lowest BCUT2D eigenvalue weighted by atomic mass is 9.73. The highest BCUT2D eigenvalue weighted by Gasteiger charge is 2.55. The number of urea groups is 1. The second-order valence-electron chi connectivity index (χ2n) is 7.88. The Labute approximate surface area is 167 Å². The van der Waals surface area contributed by atoms with Gasteiger partial charge in [0, 0.05) is 10.6 Å². The summed E-state index contributed by atoms with van der Waals surface area (Å²) in [7, 11) is 0. The summed E-state index contributed by atoms with van der Waals surface area (Å²) in [5.41, 5.74) is -0.119. The van der Waals surface area contributed by atoms with Crippen molar-refractivity contribution in [1.29, 1.82) is 0 Å². The molecule has 1 saturated heterocycles. The fourth-order valence-electron chi connectivity index (χ4n) is 4.54. The molecule has 1 aromatic carbocycles. The Morgan fingerprint density at radius 2 is 2.18 bits per heavy atom. The number of benzene rings is 1. The molecule has 1 aliphatic carbocycles. The third-order valence-corrected chi connectivity index (χ3v) is 7.27. The molecule has 3 aliphatic rings. The molecule has 2 fully saturated rings. The van der Waals surface area contributed by atoms with E-state index in [9.17, 15) is 18.8 Å². The number of carbonyl (C=O) groups is 3. The number of halogens is 1. The van der Waals surface area contributed by atoms with Crippen LogP contribution in [0.15, 0.2) is 23.1 Å². The summed E-state index contributed by atoms with van der Waals surface area (Å²) >= 11 is 1.63. The molecule has 0 aromatic heterocycles. The van der Waals surface area contributed by atoms with Crippen molar-refractivity contribution in [2.45, 2.75) is 55.5 Å². The SMILES string of the molecule is CC1CCCCC12NC(=O)N(CC(=O)NC1CCSc3ccc(F)cc31)C2=O. The zero-order valence-corrected chi connectivity index (χ0v) is 16.6. The van der Waals surface area contributed by atoms with Gasteiger partial charge in [0.2, 0.25) is 5.91 Å². The van der Waals surface area contributed by atoms with Crippen molar-refractivity contribution in [2.75, 3.05) is 12.3 Å². The van der Waals surface area contributed by atoms with Crippen LogP contribution in [0, 0.1) is 11.7 Å². The van der Waals surface area contributed by atoms with E-state index < -0.39 is 17.5 Å². The van der Waals surface area contributed by atoms with Crippen LogP contribution < -0.4 is 10.6 Å². The molecule has 1 spiro atoms. The van der Waals surface area contributed by atoms with Gasteiger partial charge in [0.15, 0.2) is 0 Å². The third kappa shape index (κ3) is 3.27. The van der Waals surface area contributed by atoms with Crippen molar-refractivity contribution in [1.82, 2.24) is 15.5 Å². The van der Waals surface area contributed by atoms with Gasteiger partial charge in [-0.15, -0.1) is 11.8 Å². The first-order valence-corrected chi connectivity index (χ1v) is 10.7. The van der Waals surface area contributed by atoms with Crippen LogP contribution in [0.2, 0.25) is 0 Å². The predicted octanol–water partition coefficient (Wildman–Crippen LogP) is 2.98. The smallest absolute Gasteiger partial charge is 0.325 e. The van der Waals surface area contributed by atoms with Crippen LogP contribution in [0.5, 0.6) is 0 Å². The summed E-state index contributed by atoms with van der Waals surface area (Å²) in [6.07, 6.45) is 4.10. The minimum atomic E-state index is -0.868. The lowest BCUT2D eigenvalue weighted by Gasteiger charge is -2.36. The lowest BCUT2D eigenvalue weighted by Crippen LogP contribution is -2.54. The average molecular weight is 405 g/mol. The molecule has 1 aromatic rings. The van der Waals surface area contributed by atoms with Crippen molar-refractivity contribution >= 4 is 29.6 Å². The van der Waals surface area contributed by atoms with Crippen LogP contribution in [0.1, 0.15) is 50.6 Å². The number of nitrogens with zero attached hydrogens (tertiary/aromatic N) is 1. The maximum absolute atomic E-state index is 13.6. The summed E-state index contributed by atoms with van der Waals surface area (Å²) in [5.74, 6) is -0.187. The van der Waals surface area contributed by atoms with Crippen molar-refractivity contribution in [3.8, 4) is 0 Å². The van der Waals surface area contributed by atoms with Gasteiger partial charge in [-0.3, -0.25) is 14.5 Å². The summed E-state index contributed by atoms with van der Waals surface area (Å²) < 4.78 is 13.6. The number of fused-ring (bicyclic) bond motifs is 1. The zero-order chi connectivity index (χ0) is 19.9. The molecule has 8 heteroatoms. The standard InChI is InChI=1S/C20H24FN3O3S/c1-12-4-2-3-8-20(12)18(26)24(19(27)23-20)11-17(25)22-15-7-9-28-16-6-5-13(21)10-14(15)16/h5-6,10,12,15H,2-4,7-9,11H2,1H3,(H,22,25)(H,23,27). The first-order chi connectivity index (χ1) is 13.4. The first-order valence-electron chi connectivity index (χ1n) is 9.76. The highest BCUT2D eigenvalue weighted by atomic mass is 32.2. The molecule has 2 heterocycles. The van der Waals surface area contributed by atoms with E-state index in [4.69, 9.17) is 0 Å². The number of hydrogen-bond donors (Lipinski definition) is 2. The lowest BCUT2D eigenvalue weighted by molar-refractivity contribution is -0.137. The summed E-state index contributed by atoms with van der Waals surface area (Å²) in [4.78, 5) is 40.0. The highest BCUT2D eigenvalue weighted by molar-refractivity contribution is 7.99. The van der Waals surface area contributed by atoms with Gasteiger partial charge in [-0.25, -0.2) is 9.18 Å². The van der Waals surface area contributed by atoms with E-state index in [2.05, 4.69) is 10.6 Å². The normalized spacial score (nSPS) is 29.6. The summed E-state index contributed by atoms with van der Waals surface area (Å²) in [6.45, 7) is 1.67. The Morgan fingerprint density at radius 1 is 1.36 bits per heavy atom. The molecule has 150 valence electrons. The van der Waals surface area contributed by atoms with E-state index in [1.807, 2.05) is 6.92 Å². The highest BCUT2D eigenvalue weighted by Crippen LogP contribution is 2.39. The minimum absolute atomic E-state index is 0.0518. The van der Waals surface area contributed by atoms with Crippen LogP contribution in [0.3, 0.4) is 0 Å². The zero-order valence-electron chi connectivity index (χ0n) is 15.8. The molecule has 2 aliphatic heterocycles. The van der Waals surface area contributed by atoms with Gasteiger partial charge in [-0.2, -0.15) is 0 Å². The molecule has 2 N–H and O–H groups in total. The van der Waals surface area contributed by atoms with Gasteiger partial charge < -0.3 is 10.6 Å². The number of hydrogen-bond acceptors (Lipinski definition) is 4. The van der Waals surface area contributed by atoms with Gasteiger partial charge >= 0.3 is 6.03 Å². The van der Waals surface area contributed by atoms with Crippen molar-refractivity contribution < 1.29 is 18.8 Å². The fraction of sp³-hybridized carbons (Fsp3) is 0.550. The first kappa shape index (κ1) is 19.2. The molecule has 4 amide bonds. The summed E-state index contributed by atoms with van der Waals surface area (Å²) in [6, 6.07) is 3.76. The molecule has 0 radical (unpaired) electrons. The van der Waals surface area contributed by atoms with Gasteiger partial charge in [0.05, 0.1) is 6.04 Å². The average Bonchev–Trinajstić information content (AvgIpc) is 2.90. The molecule has 6 nitrogen and oxygen atoms in total. The van der Waals surface area contributed by atoms with Crippen molar-refractivity contribution in [3.05, 3.63) is 29.6 Å². The largest absolute Gasteiger partial charge is 0.348 e. The second kappa shape index (κ2) is 7.39. The second-order valence-corrected chi connectivity index (χ2v) is 9.02. The maximum atomic E-state index is 13.6. The minimum Gasteiger partial charge on any atom is -0.348 e. The molecular formula is C20H24FN3O3S. The Kier molecular flexibility index (Phi) is 5.07. The molecule has 4 rings (SSSR count). The van der Waals surface area contributed by atoms with E-state index in [1.54, 1.807) is 17.8 Å². The summed E-state index contributed by atoms with van der Waals surface area (Å²) in [5, 5.41) is 5.74. The van der Waals surface area contributed by atoms with Crippen molar-refractivity contribution in [2.24, 2.45) is 5.92 Å². The van der Waals surface area contributed by atoms with Crippen LogP contribution >= 0.6 is 11.8 Å². The molecule has 1 saturated carbocycles. The monoisotopic (exact) mass is 405 g/mol. The third-order valence-electron chi connectivity index (χ3n) is 6.15. The maximum Gasteiger partial charge on any atom is 0.325 e. The number of nitrogens with one attached hydrogen (secondary N) is 2. The predicted molar refractivity (Wildman–Crippen MR) is 103 cm³/mol. The molecular weight excluding hydrogens is 381 g/mol. The Bertz CT molecular complexity index is 833. The van der Waals surface area contributed by atoms with Crippen LogP contribution in [0.25, 0.3) is 0 Å². The molecule has 3 unspecified atom stereocenters. The molecule has 28 heavy (non-hydrogen) atoms. The van der Waals surface area contributed by atoms with Crippen LogP contribution in [-0.2, 0) is 9.59 Å². The number of carbonyl (C=O) groups excluding carboxylic acids is 3. The van der Waals surface area contributed by atoms with E-state index in [-0.39, 0.29) is 30.2 Å². The van der Waals surface area contributed by atoms with Crippen LogP contribution in [-0.4, -0.2) is 40.6 Å². The van der Waals surface area contributed by atoms with E-state index in [0.717, 1.165) is 40.4 Å². The topological polar surface area (TPSA) is 78.5 Å². The number of amides is 4.